The Kier molecular flexibility index (Phi) is 5.02. The Balaban J connectivity index is 1.66. The molecule has 1 N–H and O–H groups in total. The average Bonchev–Trinajstić information content (AvgIpc) is 3.14. The van der Waals surface area contributed by atoms with E-state index in [0.717, 1.165) is 39.1 Å². The van der Waals surface area contributed by atoms with E-state index < -0.39 is 0 Å². The molecule has 0 radical (unpaired) electrons. The Morgan fingerprint density at radius 2 is 2.09 bits per heavy atom. The number of carbonyl (C=O) groups is 1. The van der Waals surface area contributed by atoms with E-state index in [0.29, 0.717) is 29.3 Å². The second-order valence-electron chi connectivity index (χ2n) is 7.05. The lowest BCUT2D eigenvalue weighted by molar-refractivity contribution is 0.0401. The fourth-order valence-electron chi connectivity index (χ4n) is 3.79. The first-order valence-corrected chi connectivity index (χ1v) is 8.59. The molecule has 2 aliphatic heterocycles. The molecule has 1 amide bonds. The first kappa shape index (κ1) is 16.5. The van der Waals surface area contributed by atoms with E-state index in [9.17, 15) is 4.79 Å². The third-order valence-electron chi connectivity index (χ3n) is 5.23. The van der Waals surface area contributed by atoms with Crippen LogP contribution in [0.3, 0.4) is 0 Å². The van der Waals surface area contributed by atoms with Crippen molar-refractivity contribution in [1.29, 1.82) is 0 Å². The summed E-state index contributed by atoms with van der Waals surface area (Å²) in [6, 6.07) is 0.744. The Morgan fingerprint density at radius 3 is 2.70 bits per heavy atom. The molecule has 0 saturated carbocycles. The van der Waals surface area contributed by atoms with Crippen molar-refractivity contribution in [3.05, 3.63) is 17.8 Å². The molecule has 0 aliphatic carbocycles. The second-order valence-corrected chi connectivity index (χ2v) is 7.05. The number of rotatable bonds is 4. The van der Waals surface area contributed by atoms with E-state index in [1.165, 1.54) is 6.39 Å². The number of ether oxygens (including phenoxy) is 1. The zero-order valence-electron chi connectivity index (χ0n) is 14.2. The molecule has 128 valence electrons. The number of nitrogens with one attached hydrogen (secondary N) is 1. The largest absolute Gasteiger partial charge is 0.438 e. The molecule has 0 bridgehead atoms. The van der Waals surface area contributed by atoms with Gasteiger partial charge >= 0.3 is 0 Å². The summed E-state index contributed by atoms with van der Waals surface area (Å²) in [6.45, 7) is 9.91. The molecule has 2 saturated heterocycles. The van der Waals surface area contributed by atoms with Crippen LogP contribution in [0, 0.1) is 18.8 Å². The number of hydrogen-bond acceptors (Lipinski definition) is 5. The van der Waals surface area contributed by atoms with Crippen molar-refractivity contribution in [3.63, 3.8) is 0 Å². The van der Waals surface area contributed by atoms with E-state index in [1.54, 1.807) is 6.92 Å². The summed E-state index contributed by atoms with van der Waals surface area (Å²) in [6.07, 6.45) is 3.51. The lowest BCUT2D eigenvalue weighted by atomic mass is 9.91. The van der Waals surface area contributed by atoms with Crippen molar-refractivity contribution < 1.29 is 13.9 Å². The maximum Gasteiger partial charge on any atom is 0.289 e. The van der Waals surface area contributed by atoms with E-state index in [-0.39, 0.29) is 11.9 Å². The normalized spacial score (nSPS) is 26.8. The summed E-state index contributed by atoms with van der Waals surface area (Å²) in [5.74, 6) is 1.17. The van der Waals surface area contributed by atoms with E-state index in [2.05, 4.69) is 29.0 Å². The third-order valence-corrected chi connectivity index (χ3v) is 5.23. The van der Waals surface area contributed by atoms with Gasteiger partial charge in [0, 0.05) is 38.4 Å². The topological polar surface area (TPSA) is 67.6 Å². The van der Waals surface area contributed by atoms with Gasteiger partial charge in [-0.2, -0.15) is 0 Å². The Labute approximate surface area is 137 Å². The highest BCUT2D eigenvalue weighted by molar-refractivity contribution is 5.92. The number of aromatic nitrogens is 1. The van der Waals surface area contributed by atoms with Crippen molar-refractivity contribution in [2.75, 3.05) is 26.3 Å². The number of oxazole rings is 1. The molecule has 0 aromatic carbocycles. The Hall–Kier alpha value is -1.40. The van der Waals surface area contributed by atoms with Crippen molar-refractivity contribution >= 4 is 5.91 Å². The maximum atomic E-state index is 12.5. The van der Waals surface area contributed by atoms with Crippen LogP contribution in [0.25, 0.3) is 0 Å². The van der Waals surface area contributed by atoms with E-state index >= 15 is 0 Å². The zero-order chi connectivity index (χ0) is 16.4. The number of hydrogen-bond donors (Lipinski definition) is 1. The summed E-state index contributed by atoms with van der Waals surface area (Å²) >= 11 is 0. The molecule has 2 aliphatic rings. The SMILES string of the molecule is Cc1ncoc1C(=O)N[C@@H]1CN(C2CCOCC2)C[C@H]1C(C)C. The quantitative estimate of drug-likeness (QED) is 0.916. The Bertz CT molecular complexity index is 537. The molecule has 2 atom stereocenters. The van der Waals surface area contributed by atoms with Gasteiger partial charge in [0.1, 0.15) is 0 Å². The lowest BCUT2D eigenvalue weighted by Crippen LogP contribution is -2.43. The summed E-state index contributed by atoms with van der Waals surface area (Å²) in [5, 5.41) is 3.18. The first-order chi connectivity index (χ1) is 11.1. The van der Waals surface area contributed by atoms with Gasteiger partial charge in [-0.05, 0) is 31.6 Å². The van der Waals surface area contributed by atoms with Gasteiger partial charge in [-0.25, -0.2) is 4.98 Å². The van der Waals surface area contributed by atoms with Crippen molar-refractivity contribution in [2.45, 2.75) is 45.7 Å². The van der Waals surface area contributed by atoms with Crippen LogP contribution in [-0.4, -0.2) is 54.2 Å². The molecule has 23 heavy (non-hydrogen) atoms. The monoisotopic (exact) mass is 321 g/mol. The van der Waals surface area contributed by atoms with Gasteiger partial charge < -0.3 is 14.5 Å². The average molecular weight is 321 g/mol. The van der Waals surface area contributed by atoms with Crippen LogP contribution in [0.1, 0.15) is 42.9 Å². The fourth-order valence-corrected chi connectivity index (χ4v) is 3.79. The highest BCUT2D eigenvalue weighted by atomic mass is 16.5. The van der Waals surface area contributed by atoms with Crippen molar-refractivity contribution in [2.24, 2.45) is 11.8 Å². The molecule has 6 heteroatoms. The summed E-state index contributed by atoms with van der Waals surface area (Å²) in [5.41, 5.74) is 0.642. The van der Waals surface area contributed by atoms with Crippen molar-refractivity contribution in [1.82, 2.24) is 15.2 Å². The molecule has 0 unspecified atom stereocenters. The number of likely N-dealkylation sites (tertiary alicyclic amines) is 1. The van der Waals surface area contributed by atoms with E-state index in [1.807, 2.05) is 0 Å². The first-order valence-electron chi connectivity index (χ1n) is 8.59. The van der Waals surface area contributed by atoms with Gasteiger partial charge in [0.25, 0.3) is 5.91 Å². The second kappa shape index (κ2) is 7.01. The molecule has 3 rings (SSSR count). The smallest absolute Gasteiger partial charge is 0.289 e. The summed E-state index contributed by atoms with van der Waals surface area (Å²) < 4.78 is 10.7. The van der Waals surface area contributed by atoms with Crippen LogP contribution >= 0.6 is 0 Å². The fraction of sp³-hybridized carbons (Fsp3) is 0.765. The van der Waals surface area contributed by atoms with Crippen LogP contribution in [0.15, 0.2) is 10.8 Å². The molecule has 0 spiro atoms. The molecular weight excluding hydrogens is 294 g/mol. The van der Waals surface area contributed by atoms with Gasteiger partial charge in [0.2, 0.25) is 5.76 Å². The van der Waals surface area contributed by atoms with Crippen LogP contribution in [0.5, 0.6) is 0 Å². The molecule has 1 aromatic rings. The van der Waals surface area contributed by atoms with Gasteiger partial charge in [0.15, 0.2) is 6.39 Å². The van der Waals surface area contributed by atoms with Gasteiger partial charge in [-0.3, -0.25) is 9.69 Å². The van der Waals surface area contributed by atoms with E-state index in [4.69, 9.17) is 9.15 Å². The standard InChI is InChI=1S/C17H27N3O3/c1-11(2)14-8-20(13-4-6-22-7-5-13)9-15(14)19-17(21)16-12(3)18-10-23-16/h10-11,13-15H,4-9H2,1-3H3,(H,19,21)/t14-,15+/m0/s1. The summed E-state index contributed by atoms with van der Waals surface area (Å²) in [4.78, 5) is 19.0. The number of aryl methyl sites for hydroxylation is 1. The van der Waals surface area contributed by atoms with Gasteiger partial charge in [0.05, 0.1) is 5.69 Å². The minimum absolute atomic E-state index is 0.149. The highest BCUT2D eigenvalue weighted by Crippen LogP contribution is 2.29. The van der Waals surface area contributed by atoms with Gasteiger partial charge in [-0.15, -0.1) is 0 Å². The minimum atomic E-state index is -0.149. The zero-order valence-corrected chi connectivity index (χ0v) is 14.2. The molecule has 2 fully saturated rings. The molecule has 6 nitrogen and oxygen atoms in total. The van der Waals surface area contributed by atoms with Crippen LogP contribution in [0.2, 0.25) is 0 Å². The highest BCUT2D eigenvalue weighted by Gasteiger charge is 2.39. The third kappa shape index (κ3) is 3.58. The minimum Gasteiger partial charge on any atom is -0.438 e. The predicted molar refractivity (Wildman–Crippen MR) is 86.2 cm³/mol. The van der Waals surface area contributed by atoms with Crippen LogP contribution in [-0.2, 0) is 4.74 Å². The lowest BCUT2D eigenvalue weighted by Gasteiger charge is -2.31. The molecular formula is C17H27N3O3. The number of amides is 1. The summed E-state index contributed by atoms with van der Waals surface area (Å²) in [7, 11) is 0. The molecule has 1 aromatic heterocycles. The number of nitrogens with zero attached hydrogens (tertiary/aromatic N) is 2. The maximum absolute atomic E-state index is 12.5. The Morgan fingerprint density at radius 1 is 1.35 bits per heavy atom. The molecule has 3 heterocycles. The van der Waals surface area contributed by atoms with Crippen LogP contribution < -0.4 is 5.32 Å². The predicted octanol–water partition coefficient (Wildman–Crippen LogP) is 1.85. The number of carbonyl (C=O) groups excluding carboxylic acids is 1. The van der Waals surface area contributed by atoms with Gasteiger partial charge in [-0.1, -0.05) is 13.8 Å². The van der Waals surface area contributed by atoms with Crippen LogP contribution in [0.4, 0.5) is 0 Å². The van der Waals surface area contributed by atoms with Crippen molar-refractivity contribution in [3.8, 4) is 0 Å².